The zero-order valence-corrected chi connectivity index (χ0v) is 12.6. The van der Waals surface area contributed by atoms with Gasteiger partial charge >= 0.3 is 0 Å². The predicted molar refractivity (Wildman–Crippen MR) is 85.6 cm³/mol. The molecule has 118 valence electrons. The van der Waals surface area contributed by atoms with Gasteiger partial charge in [-0.1, -0.05) is 5.92 Å². The summed E-state index contributed by atoms with van der Waals surface area (Å²) in [5.41, 5.74) is 0.757. The van der Waals surface area contributed by atoms with E-state index >= 15 is 0 Å². The molecule has 1 aromatic carbocycles. The van der Waals surface area contributed by atoms with Gasteiger partial charge in [0, 0.05) is 11.6 Å². The zero-order valence-electron chi connectivity index (χ0n) is 12.6. The van der Waals surface area contributed by atoms with E-state index < -0.39 is 0 Å². The number of carbonyl (C=O) groups is 1. The second-order valence-corrected chi connectivity index (χ2v) is 5.34. The molecule has 0 radical (unpaired) electrons. The van der Waals surface area contributed by atoms with Crippen molar-refractivity contribution in [1.82, 2.24) is 4.90 Å². The third-order valence-electron chi connectivity index (χ3n) is 3.76. The van der Waals surface area contributed by atoms with E-state index in [4.69, 9.17) is 16.3 Å². The molecule has 1 amide bonds. The van der Waals surface area contributed by atoms with Gasteiger partial charge in [0.25, 0.3) is 0 Å². The third-order valence-corrected chi connectivity index (χ3v) is 3.76. The lowest BCUT2D eigenvalue weighted by atomic mass is 9.96. The predicted octanol–water partition coefficient (Wildman–Crippen LogP) is 1.34. The van der Waals surface area contributed by atoms with Crippen LogP contribution < -0.4 is 10.1 Å². The number of piperidine rings is 1. The number of terminal acetylenes is 1. The molecule has 0 aromatic heterocycles. The van der Waals surface area contributed by atoms with Gasteiger partial charge in [0.05, 0.1) is 13.2 Å². The van der Waals surface area contributed by atoms with E-state index in [1.807, 2.05) is 0 Å². The van der Waals surface area contributed by atoms with Crippen molar-refractivity contribution in [2.45, 2.75) is 12.8 Å². The Labute approximate surface area is 131 Å². The number of hydrogen-bond acceptors (Lipinski definition) is 4. The van der Waals surface area contributed by atoms with Crippen molar-refractivity contribution in [2.75, 3.05) is 38.2 Å². The van der Waals surface area contributed by atoms with Crippen LogP contribution in [0.4, 0.5) is 5.69 Å². The zero-order chi connectivity index (χ0) is 15.8. The maximum atomic E-state index is 12.3. The molecule has 5 heteroatoms. The van der Waals surface area contributed by atoms with Crippen molar-refractivity contribution < 1.29 is 14.6 Å². The topological polar surface area (TPSA) is 61.8 Å². The van der Waals surface area contributed by atoms with Crippen molar-refractivity contribution in [3.8, 4) is 18.1 Å². The Morgan fingerprint density at radius 1 is 1.36 bits per heavy atom. The number of likely N-dealkylation sites (tertiary alicyclic amines) is 1. The molecule has 0 aliphatic carbocycles. The molecule has 0 spiro atoms. The van der Waals surface area contributed by atoms with Gasteiger partial charge in [-0.3, -0.25) is 9.69 Å². The smallest absolute Gasteiger partial charge is 0.227 e. The van der Waals surface area contributed by atoms with Gasteiger partial charge in [-0.05, 0) is 50.2 Å². The molecule has 0 bridgehead atoms. The number of nitrogens with zero attached hydrogens (tertiary/aromatic N) is 1. The molecule has 1 aliphatic heterocycles. The molecule has 5 nitrogen and oxygen atoms in total. The SMILES string of the molecule is C#CCN1CCC(C(=O)Nc2ccc(OCCO)cc2)CC1. The highest BCUT2D eigenvalue weighted by molar-refractivity contribution is 5.92. The maximum absolute atomic E-state index is 12.3. The Morgan fingerprint density at radius 3 is 2.64 bits per heavy atom. The fourth-order valence-electron chi connectivity index (χ4n) is 2.52. The number of anilines is 1. The molecular weight excluding hydrogens is 280 g/mol. The number of benzene rings is 1. The molecule has 1 aromatic rings. The lowest BCUT2D eigenvalue weighted by molar-refractivity contribution is -0.121. The fraction of sp³-hybridized carbons (Fsp3) is 0.471. The Hall–Kier alpha value is -2.03. The van der Waals surface area contributed by atoms with E-state index in [9.17, 15) is 4.79 Å². The van der Waals surface area contributed by atoms with Gasteiger partial charge in [0.2, 0.25) is 5.91 Å². The third kappa shape index (κ3) is 4.76. The first-order valence-electron chi connectivity index (χ1n) is 7.53. The van der Waals surface area contributed by atoms with E-state index in [2.05, 4.69) is 16.1 Å². The van der Waals surface area contributed by atoms with Crippen molar-refractivity contribution >= 4 is 11.6 Å². The summed E-state index contributed by atoms with van der Waals surface area (Å²) in [5, 5.41) is 11.6. The Balaban J connectivity index is 1.81. The number of amides is 1. The van der Waals surface area contributed by atoms with Gasteiger partial charge in [0.1, 0.15) is 12.4 Å². The molecule has 1 saturated heterocycles. The van der Waals surface area contributed by atoms with E-state index in [0.717, 1.165) is 31.6 Å². The monoisotopic (exact) mass is 302 g/mol. The molecule has 2 rings (SSSR count). The van der Waals surface area contributed by atoms with Crippen LogP contribution in [0.25, 0.3) is 0 Å². The lowest BCUT2D eigenvalue weighted by Gasteiger charge is -2.29. The van der Waals surface area contributed by atoms with Crippen molar-refractivity contribution in [3.63, 3.8) is 0 Å². The second kappa shape index (κ2) is 8.42. The highest BCUT2D eigenvalue weighted by Crippen LogP contribution is 2.20. The number of nitrogens with one attached hydrogen (secondary N) is 1. The molecule has 0 unspecified atom stereocenters. The minimum absolute atomic E-state index is 0.0170. The lowest BCUT2D eigenvalue weighted by Crippen LogP contribution is -2.38. The van der Waals surface area contributed by atoms with Gasteiger partial charge in [0.15, 0.2) is 0 Å². The van der Waals surface area contributed by atoms with Crippen LogP contribution in [0.2, 0.25) is 0 Å². The van der Waals surface area contributed by atoms with Crippen molar-refractivity contribution in [3.05, 3.63) is 24.3 Å². The number of ether oxygens (including phenoxy) is 1. The second-order valence-electron chi connectivity index (χ2n) is 5.34. The number of hydrogen-bond donors (Lipinski definition) is 2. The van der Waals surface area contributed by atoms with E-state index in [-0.39, 0.29) is 25.0 Å². The summed E-state index contributed by atoms with van der Waals surface area (Å²) in [4.78, 5) is 14.4. The van der Waals surface area contributed by atoms with E-state index in [0.29, 0.717) is 12.3 Å². The van der Waals surface area contributed by atoms with Crippen LogP contribution in [0.3, 0.4) is 0 Å². The number of rotatable bonds is 6. The molecule has 1 fully saturated rings. The van der Waals surface area contributed by atoms with Gasteiger partial charge in [-0.2, -0.15) is 0 Å². The van der Waals surface area contributed by atoms with Crippen LogP contribution in [0.15, 0.2) is 24.3 Å². The summed E-state index contributed by atoms with van der Waals surface area (Å²) in [6.45, 7) is 2.65. The van der Waals surface area contributed by atoms with Crippen LogP contribution in [-0.4, -0.2) is 48.8 Å². The van der Waals surface area contributed by atoms with E-state index in [1.54, 1.807) is 24.3 Å². The van der Waals surface area contributed by atoms with Crippen LogP contribution in [0, 0.1) is 18.3 Å². The van der Waals surface area contributed by atoms with Crippen LogP contribution >= 0.6 is 0 Å². The Kier molecular flexibility index (Phi) is 6.26. The molecule has 0 atom stereocenters. The van der Waals surface area contributed by atoms with Crippen LogP contribution in [0.1, 0.15) is 12.8 Å². The average Bonchev–Trinajstić information content (AvgIpc) is 2.55. The summed E-state index contributed by atoms with van der Waals surface area (Å²) >= 11 is 0. The molecule has 1 aliphatic rings. The summed E-state index contributed by atoms with van der Waals surface area (Å²) in [5.74, 6) is 3.42. The standard InChI is InChI=1S/C17H22N2O3/c1-2-9-19-10-7-14(8-11-19)17(21)18-15-3-5-16(6-4-15)22-13-12-20/h1,3-6,14,20H,7-13H2,(H,18,21). The maximum Gasteiger partial charge on any atom is 0.227 e. The number of aliphatic hydroxyl groups excluding tert-OH is 1. The van der Waals surface area contributed by atoms with Gasteiger partial charge in [-0.25, -0.2) is 0 Å². The van der Waals surface area contributed by atoms with Crippen LogP contribution in [0.5, 0.6) is 5.75 Å². The molecule has 2 N–H and O–H groups in total. The van der Waals surface area contributed by atoms with Gasteiger partial charge < -0.3 is 15.2 Å². The molecule has 22 heavy (non-hydrogen) atoms. The normalized spacial score (nSPS) is 16.0. The Bertz CT molecular complexity index is 514. The first kappa shape index (κ1) is 16.3. The van der Waals surface area contributed by atoms with Crippen molar-refractivity contribution in [2.24, 2.45) is 5.92 Å². The first-order chi connectivity index (χ1) is 10.7. The highest BCUT2D eigenvalue weighted by Gasteiger charge is 2.24. The minimum atomic E-state index is -0.0170. The number of aliphatic hydroxyl groups is 1. The first-order valence-corrected chi connectivity index (χ1v) is 7.53. The highest BCUT2D eigenvalue weighted by atomic mass is 16.5. The fourth-order valence-corrected chi connectivity index (χ4v) is 2.52. The van der Waals surface area contributed by atoms with Gasteiger partial charge in [-0.15, -0.1) is 6.42 Å². The van der Waals surface area contributed by atoms with Crippen LogP contribution in [-0.2, 0) is 4.79 Å². The number of carbonyl (C=O) groups excluding carboxylic acids is 1. The quantitative estimate of drug-likeness (QED) is 0.779. The average molecular weight is 302 g/mol. The van der Waals surface area contributed by atoms with Crippen molar-refractivity contribution in [1.29, 1.82) is 0 Å². The summed E-state index contributed by atoms with van der Waals surface area (Å²) in [6.07, 6.45) is 6.98. The summed E-state index contributed by atoms with van der Waals surface area (Å²) < 4.78 is 5.28. The Morgan fingerprint density at radius 2 is 2.05 bits per heavy atom. The largest absolute Gasteiger partial charge is 0.491 e. The van der Waals surface area contributed by atoms with E-state index in [1.165, 1.54) is 0 Å². The summed E-state index contributed by atoms with van der Waals surface area (Å²) in [6, 6.07) is 7.16. The molecular formula is C17H22N2O3. The minimum Gasteiger partial charge on any atom is -0.491 e. The molecule has 0 saturated carbocycles. The summed E-state index contributed by atoms with van der Waals surface area (Å²) in [7, 11) is 0. The molecule has 1 heterocycles.